The lowest BCUT2D eigenvalue weighted by atomic mass is 10.0. The van der Waals surface area contributed by atoms with Gasteiger partial charge in [-0.3, -0.25) is 4.79 Å². The molecule has 1 N–H and O–H groups in total. The molecule has 0 aliphatic heterocycles. The molecule has 32 heavy (non-hydrogen) atoms. The van der Waals surface area contributed by atoms with Crippen molar-refractivity contribution in [1.82, 2.24) is 0 Å². The van der Waals surface area contributed by atoms with Crippen LogP contribution in [0.15, 0.2) is 66.7 Å². The Morgan fingerprint density at radius 1 is 0.844 bits per heavy atom. The maximum absolute atomic E-state index is 12.4. The molecule has 0 saturated heterocycles. The van der Waals surface area contributed by atoms with Crippen LogP contribution in [0, 0.1) is 0 Å². The molecule has 0 aromatic heterocycles. The van der Waals surface area contributed by atoms with Crippen LogP contribution in [0.25, 0.3) is 0 Å². The van der Waals surface area contributed by atoms with Gasteiger partial charge in [-0.25, -0.2) is 4.79 Å². The van der Waals surface area contributed by atoms with E-state index in [2.05, 4.69) is 19.2 Å². The van der Waals surface area contributed by atoms with E-state index < -0.39 is 12.1 Å². The molecule has 1 amide bonds. The van der Waals surface area contributed by atoms with Gasteiger partial charge in [0.25, 0.3) is 5.91 Å². The molecule has 0 saturated carbocycles. The zero-order chi connectivity index (χ0) is 23.3. The molecule has 0 spiro atoms. The molecule has 1 unspecified atom stereocenters. The number of ether oxygens (including phenoxy) is 2. The summed E-state index contributed by atoms with van der Waals surface area (Å²) >= 11 is 12.0. The smallest absolute Gasteiger partial charge is 0.352 e. The first-order chi connectivity index (χ1) is 15.2. The molecule has 7 heteroatoms. The maximum atomic E-state index is 12.4. The molecule has 0 aliphatic carbocycles. The summed E-state index contributed by atoms with van der Waals surface area (Å²) in [4.78, 5) is 24.8. The van der Waals surface area contributed by atoms with E-state index in [1.54, 1.807) is 37.3 Å². The fourth-order valence-corrected chi connectivity index (χ4v) is 3.18. The molecule has 166 valence electrons. The Bertz CT molecular complexity index is 1100. The molecule has 0 aliphatic rings. The van der Waals surface area contributed by atoms with Crippen molar-refractivity contribution in [1.29, 1.82) is 0 Å². The van der Waals surface area contributed by atoms with Crippen LogP contribution in [0.2, 0.25) is 10.0 Å². The second-order valence-electron chi connectivity index (χ2n) is 7.51. The second kappa shape index (κ2) is 10.5. The van der Waals surface area contributed by atoms with Gasteiger partial charge < -0.3 is 14.8 Å². The monoisotopic (exact) mass is 471 g/mol. The number of esters is 1. The molecular formula is C25H23Cl2NO4. The number of anilines is 1. The maximum Gasteiger partial charge on any atom is 0.352 e. The summed E-state index contributed by atoms with van der Waals surface area (Å²) in [6.07, 6.45) is -0.798. The lowest BCUT2D eigenvalue weighted by Crippen LogP contribution is -2.28. The Balaban J connectivity index is 1.57. The molecule has 3 aromatic carbocycles. The first-order valence-electron chi connectivity index (χ1n) is 10.1. The number of hydrogen-bond acceptors (Lipinski definition) is 4. The zero-order valence-electron chi connectivity index (χ0n) is 17.9. The van der Waals surface area contributed by atoms with Gasteiger partial charge in [-0.15, -0.1) is 0 Å². The number of rotatable bonds is 7. The molecular weight excluding hydrogens is 449 g/mol. The summed E-state index contributed by atoms with van der Waals surface area (Å²) in [6, 6.07) is 18.6. The van der Waals surface area contributed by atoms with E-state index in [-0.39, 0.29) is 5.91 Å². The van der Waals surface area contributed by atoms with Crippen LogP contribution in [-0.4, -0.2) is 18.0 Å². The van der Waals surface area contributed by atoms with Gasteiger partial charge in [-0.1, -0.05) is 49.2 Å². The molecule has 0 heterocycles. The highest BCUT2D eigenvalue weighted by Gasteiger charge is 2.18. The van der Waals surface area contributed by atoms with Crippen molar-refractivity contribution >= 4 is 40.8 Å². The van der Waals surface area contributed by atoms with Crippen molar-refractivity contribution in [3.8, 4) is 11.5 Å². The van der Waals surface area contributed by atoms with Crippen molar-refractivity contribution in [2.75, 3.05) is 5.32 Å². The van der Waals surface area contributed by atoms with E-state index in [0.29, 0.717) is 38.7 Å². The first kappa shape index (κ1) is 23.6. The molecule has 0 radical (unpaired) electrons. The minimum absolute atomic E-state index is 0.304. The van der Waals surface area contributed by atoms with Gasteiger partial charge in [0.1, 0.15) is 11.5 Å². The van der Waals surface area contributed by atoms with Crippen LogP contribution < -0.4 is 14.8 Å². The van der Waals surface area contributed by atoms with Crippen LogP contribution in [-0.2, 0) is 4.79 Å². The lowest BCUT2D eigenvalue weighted by Gasteiger charge is -2.15. The number of carbonyl (C=O) groups excluding carboxylic acids is 2. The van der Waals surface area contributed by atoms with Gasteiger partial charge in [0.2, 0.25) is 0 Å². The van der Waals surface area contributed by atoms with Gasteiger partial charge in [0.15, 0.2) is 6.10 Å². The fourth-order valence-electron chi connectivity index (χ4n) is 2.84. The summed E-state index contributed by atoms with van der Waals surface area (Å²) in [6.45, 7) is 5.84. The number of halogens is 2. The van der Waals surface area contributed by atoms with Crippen molar-refractivity contribution in [3.63, 3.8) is 0 Å². The van der Waals surface area contributed by atoms with Gasteiger partial charge in [-0.05, 0) is 73.0 Å². The number of nitrogens with one attached hydrogen (secondary N) is 1. The van der Waals surface area contributed by atoms with Crippen molar-refractivity contribution in [3.05, 3.63) is 87.9 Å². The Hall–Kier alpha value is -3.02. The summed E-state index contributed by atoms with van der Waals surface area (Å²) in [5.41, 5.74) is 1.97. The SMILES string of the molecule is CC(Oc1ccc(C(C)C)cc1)C(=O)Oc1ccc(C(=O)Nc2cc(Cl)ccc2Cl)cc1. The number of amides is 1. The third-order valence-electron chi connectivity index (χ3n) is 4.70. The largest absolute Gasteiger partial charge is 0.479 e. The van der Waals surface area contributed by atoms with E-state index >= 15 is 0 Å². The first-order valence-corrected chi connectivity index (χ1v) is 10.8. The molecule has 0 bridgehead atoms. The minimum Gasteiger partial charge on any atom is -0.479 e. The van der Waals surface area contributed by atoms with Gasteiger partial charge in [-0.2, -0.15) is 0 Å². The van der Waals surface area contributed by atoms with E-state index in [1.807, 2.05) is 24.3 Å². The van der Waals surface area contributed by atoms with Crippen LogP contribution >= 0.6 is 23.2 Å². The summed E-state index contributed by atoms with van der Waals surface area (Å²) < 4.78 is 11.0. The van der Waals surface area contributed by atoms with Crippen LogP contribution in [0.4, 0.5) is 5.69 Å². The van der Waals surface area contributed by atoms with Crippen LogP contribution in [0.3, 0.4) is 0 Å². The standard InChI is InChI=1S/C25H23Cl2NO4/c1-15(2)17-4-9-20(10-5-17)31-16(3)25(30)32-21-11-6-18(7-12-21)24(29)28-23-14-19(26)8-13-22(23)27/h4-16H,1-3H3,(H,28,29). The predicted molar refractivity (Wildman–Crippen MR) is 127 cm³/mol. The van der Waals surface area contributed by atoms with Gasteiger partial charge in [0, 0.05) is 10.6 Å². The highest BCUT2D eigenvalue weighted by molar-refractivity contribution is 6.35. The number of benzene rings is 3. The topological polar surface area (TPSA) is 64.6 Å². The highest BCUT2D eigenvalue weighted by Crippen LogP contribution is 2.26. The molecule has 3 aromatic rings. The Kier molecular flexibility index (Phi) is 7.78. The predicted octanol–water partition coefficient (Wildman–Crippen LogP) is 6.74. The third-order valence-corrected chi connectivity index (χ3v) is 5.27. The van der Waals surface area contributed by atoms with Crippen LogP contribution in [0.5, 0.6) is 11.5 Å². The van der Waals surface area contributed by atoms with Crippen molar-refractivity contribution < 1.29 is 19.1 Å². The fraction of sp³-hybridized carbons (Fsp3) is 0.200. The van der Waals surface area contributed by atoms with E-state index in [4.69, 9.17) is 32.7 Å². The molecule has 1 atom stereocenters. The molecule has 3 rings (SSSR count). The van der Waals surface area contributed by atoms with Crippen LogP contribution in [0.1, 0.15) is 42.6 Å². The number of carbonyl (C=O) groups is 2. The average Bonchev–Trinajstić information content (AvgIpc) is 2.77. The zero-order valence-corrected chi connectivity index (χ0v) is 19.4. The van der Waals surface area contributed by atoms with Gasteiger partial charge in [0.05, 0.1) is 10.7 Å². The lowest BCUT2D eigenvalue weighted by molar-refractivity contribution is -0.141. The summed E-state index contributed by atoms with van der Waals surface area (Å²) in [5.74, 6) is 0.400. The summed E-state index contributed by atoms with van der Waals surface area (Å²) in [7, 11) is 0. The minimum atomic E-state index is -0.798. The van der Waals surface area contributed by atoms with Gasteiger partial charge >= 0.3 is 5.97 Å². The quantitative estimate of drug-likeness (QED) is 0.306. The Morgan fingerprint density at radius 2 is 1.47 bits per heavy atom. The normalized spacial score (nSPS) is 11.7. The third kappa shape index (κ3) is 6.25. The van der Waals surface area contributed by atoms with E-state index in [0.717, 1.165) is 0 Å². The second-order valence-corrected chi connectivity index (χ2v) is 8.35. The van der Waals surface area contributed by atoms with E-state index in [1.165, 1.54) is 17.7 Å². The summed E-state index contributed by atoms with van der Waals surface area (Å²) in [5, 5.41) is 3.53. The molecule has 5 nitrogen and oxygen atoms in total. The van der Waals surface area contributed by atoms with Crippen molar-refractivity contribution in [2.24, 2.45) is 0 Å². The Labute approximate surface area is 197 Å². The van der Waals surface area contributed by atoms with Crippen molar-refractivity contribution in [2.45, 2.75) is 32.8 Å². The Morgan fingerprint density at radius 3 is 2.09 bits per heavy atom. The average molecular weight is 472 g/mol. The van der Waals surface area contributed by atoms with E-state index in [9.17, 15) is 9.59 Å². The highest BCUT2D eigenvalue weighted by atomic mass is 35.5. The number of hydrogen-bond donors (Lipinski definition) is 1. The molecule has 0 fully saturated rings.